The van der Waals surface area contributed by atoms with Gasteiger partial charge in [0.2, 0.25) is 5.91 Å². The molecule has 0 spiro atoms. The number of nitrogens with one attached hydrogen (secondary N) is 2. The highest BCUT2D eigenvalue weighted by molar-refractivity contribution is 7.90. The number of likely N-dealkylation sites (tertiary alicyclic amines) is 1. The van der Waals surface area contributed by atoms with Crippen LogP contribution >= 0.6 is 0 Å². The van der Waals surface area contributed by atoms with Crippen molar-refractivity contribution in [2.45, 2.75) is 63.6 Å². The van der Waals surface area contributed by atoms with Crippen LogP contribution < -0.4 is 10.6 Å². The first-order chi connectivity index (χ1) is 16.4. The number of aryl methyl sites for hydroxylation is 1. The van der Waals surface area contributed by atoms with Gasteiger partial charge >= 0.3 is 0 Å². The molecule has 0 radical (unpaired) electrons. The van der Waals surface area contributed by atoms with Crippen molar-refractivity contribution in [1.29, 1.82) is 0 Å². The molecule has 0 unspecified atom stereocenters. The number of amides is 2. The van der Waals surface area contributed by atoms with E-state index in [2.05, 4.69) is 17.6 Å². The molecule has 2 amide bonds. The largest absolute Gasteiger partial charge is 0.341 e. The molecular weight excluding hydrogens is 462 g/mol. The molecule has 1 saturated heterocycles. The van der Waals surface area contributed by atoms with Crippen LogP contribution in [0.1, 0.15) is 55.1 Å². The van der Waals surface area contributed by atoms with E-state index in [1.165, 1.54) is 6.26 Å². The number of rotatable bonds is 8. The number of benzene rings is 2. The van der Waals surface area contributed by atoms with Crippen molar-refractivity contribution in [2.75, 3.05) is 19.3 Å². The van der Waals surface area contributed by atoms with Crippen LogP contribution in [0.25, 0.3) is 0 Å². The summed E-state index contributed by atoms with van der Waals surface area (Å²) in [5, 5.41) is 6.54. The Balaban J connectivity index is 1.56. The fourth-order valence-electron chi connectivity index (χ4n) is 4.29. The summed E-state index contributed by atoms with van der Waals surface area (Å²) in [7, 11) is -3.20. The smallest absolute Gasteiger partial charge is 0.251 e. The Bertz CT molecular complexity index is 1150. The van der Waals surface area contributed by atoms with E-state index in [0.29, 0.717) is 30.1 Å². The molecular formula is C27H37N3O4S. The lowest BCUT2D eigenvalue weighted by Gasteiger charge is -2.41. The van der Waals surface area contributed by atoms with Crippen molar-refractivity contribution in [2.24, 2.45) is 5.92 Å². The summed E-state index contributed by atoms with van der Waals surface area (Å²) in [6.07, 6.45) is 2.78. The number of carbonyl (C=O) groups is 2. The Morgan fingerprint density at radius 3 is 2.23 bits per heavy atom. The maximum atomic E-state index is 13.3. The van der Waals surface area contributed by atoms with Gasteiger partial charge in [0.05, 0.1) is 4.90 Å². The molecule has 2 N–H and O–H groups in total. The topological polar surface area (TPSA) is 95.6 Å². The number of piperidine rings is 1. The van der Waals surface area contributed by atoms with Gasteiger partial charge in [-0.15, -0.1) is 0 Å². The van der Waals surface area contributed by atoms with E-state index in [0.717, 1.165) is 24.0 Å². The molecule has 1 fully saturated rings. The number of nitrogens with zero attached hydrogens (tertiary/aromatic N) is 1. The zero-order chi connectivity index (χ0) is 25.8. The molecule has 1 heterocycles. The lowest BCUT2D eigenvalue weighted by molar-refractivity contribution is -0.136. The minimum atomic E-state index is -3.20. The third-order valence-corrected chi connectivity index (χ3v) is 7.88. The fourth-order valence-corrected chi connectivity index (χ4v) is 4.92. The lowest BCUT2D eigenvalue weighted by atomic mass is 9.88. The summed E-state index contributed by atoms with van der Waals surface area (Å²) in [5.41, 5.74) is 2.43. The van der Waals surface area contributed by atoms with Crippen molar-refractivity contribution in [1.82, 2.24) is 15.5 Å². The SMILES string of the molecule is Cc1cccc(C(=O)N[C@H](C(=O)N2CCC(C)(NCc3ccc(S(C)(=O)=O)cc3)CC2)C(C)C)c1. The summed E-state index contributed by atoms with van der Waals surface area (Å²) in [6, 6.07) is 13.7. The fraction of sp³-hybridized carbons (Fsp3) is 0.481. The number of hydrogen-bond acceptors (Lipinski definition) is 5. The van der Waals surface area contributed by atoms with E-state index in [-0.39, 0.29) is 23.3 Å². The monoisotopic (exact) mass is 499 g/mol. The molecule has 7 nitrogen and oxygen atoms in total. The summed E-state index contributed by atoms with van der Waals surface area (Å²) in [6.45, 7) is 9.82. The Kier molecular flexibility index (Phi) is 8.38. The predicted octanol–water partition coefficient (Wildman–Crippen LogP) is 3.32. The van der Waals surface area contributed by atoms with E-state index in [1.807, 2.05) is 56.0 Å². The molecule has 2 aromatic carbocycles. The first kappa shape index (κ1) is 26.9. The zero-order valence-corrected chi connectivity index (χ0v) is 22.1. The highest BCUT2D eigenvalue weighted by Crippen LogP contribution is 2.24. The average molecular weight is 500 g/mol. The van der Waals surface area contributed by atoms with E-state index in [9.17, 15) is 18.0 Å². The molecule has 2 aromatic rings. The lowest BCUT2D eigenvalue weighted by Crippen LogP contribution is -2.57. The molecule has 8 heteroatoms. The van der Waals surface area contributed by atoms with Crippen molar-refractivity contribution >= 4 is 21.7 Å². The maximum absolute atomic E-state index is 13.3. The van der Waals surface area contributed by atoms with Gasteiger partial charge in [-0.2, -0.15) is 0 Å². The highest BCUT2D eigenvalue weighted by Gasteiger charge is 2.35. The van der Waals surface area contributed by atoms with Gasteiger partial charge in [-0.05, 0) is 62.4 Å². The third kappa shape index (κ3) is 7.15. The Morgan fingerprint density at radius 1 is 1.06 bits per heavy atom. The van der Waals surface area contributed by atoms with Crippen molar-refractivity contribution in [3.8, 4) is 0 Å². The summed E-state index contributed by atoms with van der Waals surface area (Å²) in [5.74, 6) is -0.303. The second-order valence-corrected chi connectivity index (χ2v) is 12.2. The van der Waals surface area contributed by atoms with Gasteiger partial charge in [-0.3, -0.25) is 9.59 Å². The van der Waals surface area contributed by atoms with Crippen LogP contribution in [0.5, 0.6) is 0 Å². The second kappa shape index (κ2) is 10.9. The van der Waals surface area contributed by atoms with Crippen LogP contribution in [0.4, 0.5) is 0 Å². The number of hydrogen-bond donors (Lipinski definition) is 2. The van der Waals surface area contributed by atoms with Gasteiger partial charge in [-0.25, -0.2) is 8.42 Å². The second-order valence-electron chi connectivity index (χ2n) is 10.2. The van der Waals surface area contributed by atoms with Gasteiger partial charge < -0.3 is 15.5 Å². The van der Waals surface area contributed by atoms with Gasteiger partial charge in [0.15, 0.2) is 9.84 Å². The number of sulfone groups is 1. The summed E-state index contributed by atoms with van der Waals surface area (Å²) in [4.78, 5) is 28.3. The first-order valence-electron chi connectivity index (χ1n) is 12.1. The predicted molar refractivity (Wildman–Crippen MR) is 138 cm³/mol. The molecule has 0 aromatic heterocycles. The average Bonchev–Trinajstić information content (AvgIpc) is 2.81. The molecule has 190 valence electrons. The Morgan fingerprint density at radius 2 is 1.69 bits per heavy atom. The minimum absolute atomic E-state index is 0.0300. The maximum Gasteiger partial charge on any atom is 0.251 e. The van der Waals surface area contributed by atoms with Crippen LogP contribution in [0.15, 0.2) is 53.4 Å². The molecule has 1 atom stereocenters. The first-order valence-corrected chi connectivity index (χ1v) is 14.0. The standard InChI is InChI=1S/C27H37N3O4S/c1-19(2)24(29-25(31)22-8-6-7-20(3)17-22)26(32)30-15-13-27(4,14-16-30)28-18-21-9-11-23(12-10-21)35(5,33)34/h6-12,17,19,24,28H,13-16,18H2,1-5H3,(H,29,31)/t24-/m0/s1. The molecule has 3 rings (SSSR count). The third-order valence-electron chi connectivity index (χ3n) is 6.75. The van der Waals surface area contributed by atoms with Gasteiger partial charge in [0, 0.05) is 37.0 Å². The summed E-state index contributed by atoms with van der Waals surface area (Å²) >= 11 is 0. The van der Waals surface area contributed by atoms with Crippen LogP contribution in [-0.2, 0) is 21.2 Å². The molecule has 0 aliphatic carbocycles. The minimum Gasteiger partial charge on any atom is -0.341 e. The van der Waals surface area contributed by atoms with Crippen LogP contribution in [-0.4, -0.2) is 56.1 Å². The molecule has 0 saturated carbocycles. The number of carbonyl (C=O) groups excluding carboxylic acids is 2. The van der Waals surface area contributed by atoms with Crippen molar-refractivity contribution < 1.29 is 18.0 Å². The van der Waals surface area contributed by atoms with Crippen molar-refractivity contribution in [3.63, 3.8) is 0 Å². The Hall–Kier alpha value is -2.71. The van der Waals surface area contributed by atoms with E-state index in [1.54, 1.807) is 18.2 Å². The van der Waals surface area contributed by atoms with Gasteiger partial charge in [0.25, 0.3) is 5.91 Å². The molecule has 1 aliphatic heterocycles. The van der Waals surface area contributed by atoms with E-state index < -0.39 is 15.9 Å². The molecule has 35 heavy (non-hydrogen) atoms. The molecule has 1 aliphatic rings. The van der Waals surface area contributed by atoms with Gasteiger partial charge in [-0.1, -0.05) is 43.7 Å². The van der Waals surface area contributed by atoms with Crippen LogP contribution in [0.2, 0.25) is 0 Å². The van der Waals surface area contributed by atoms with Crippen LogP contribution in [0.3, 0.4) is 0 Å². The highest BCUT2D eigenvalue weighted by atomic mass is 32.2. The summed E-state index contributed by atoms with van der Waals surface area (Å²) < 4.78 is 23.3. The zero-order valence-electron chi connectivity index (χ0n) is 21.3. The van der Waals surface area contributed by atoms with E-state index in [4.69, 9.17) is 0 Å². The van der Waals surface area contributed by atoms with Gasteiger partial charge in [0.1, 0.15) is 6.04 Å². The normalized spacial score (nSPS) is 16.7. The van der Waals surface area contributed by atoms with Crippen LogP contribution in [0, 0.1) is 12.8 Å². The van der Waals surface area contributed by atoms with E-state index >= 15 is 0 Å². The quantitative estimate of drug-likeness (QED) is 0.581. The van der Waals surface area contributed by atoms with Crippen molar-refractivity contribution in [3.05, 3.63) is 65.2 Å². The Labute approximate surface area is 209 Å². The molecule has 0 bridgehead atoms.